The van der Waals surface area contributed by atoms with Crippen molar-refractivity contribution >= 4 is 11.9 Å². The topological polar surface area (TPSA) is 66.8 Å². The number of hydrogen-bond acceptors (Lipinski definition) is 4. The molecule has 0 aromatic heterocycles. The van der Waals surface area contributed by atoms with Gasteiger partial charge in [0.1, 0.15) is 5.70 Å². The van der Waals surface area contributed by atoms with Crippen LogP contribution in [0.3, 0.4) is 0 Å². The summed E-state index contributed by atoms with van der Waals surface area (Å²) in [4.78, 5) is 24.2. The van der Waals surface area contributed by atoms with Crippen molar-refractivity contribution < 1.29 is 19.4 Å². The molecule has 0 radical (unpaired) electrons. The molecule has 5 heteroatoms. The van der Waals surface area contributed by atoms with E-state index in [9.17, 15) is 9.59 Å². The first-order valence-electron chi connectivity index (χ1n) is 4.93. The largest absolute Gasteiger partial charge is 0.432 e. The van der Waals surface area contributed by atoms with Crippen LogP contribution in [0, 0.1) is 5.92 Å². The molecule has 2 heterocycles. The number of carbonyl (C=O) groups excluding carboxylic acids is 2. The molecule has 5 nitrogen and oxygen atoms in total. The van der Waals surface area contributed by atoms with Crippen molar-refractivity contribution in [2.45, 2.75) is 32.6 Å². The van der Waals surface area contributed by atoms with Gasteiger partial charge in [0.15, 0.2) is 6.29 Å². The number of esters is 1. The maximum Gasteiger partial charge on any atom is 0.357 e. The first-order valence-corrected chi connectivity index (χ1v) is 4.93. The second-order valence-electron chi connectivity index (χ2n) is 3.95. The zero-order valence-corrected chi connectivity index (χ0v) is 8.64. The van der Waals surface area contributed by atoms with Crippen molar-refractivity contribution in [3.63, 3.8) is 0 Å². The zero-order valence-electron chi connectivity index (χ0n) is 8.64. The highest BCUT2D eigenvalue weighted by Crippen LogP contribution is 2.37. The SMILES string of the molecule is CC(O)OC(=O)C1=CC(C)[C@@H]2CC(=O)N12. The van der Waals surface area contributed by atoms with Gasteiger partial charge < -0.3 is 14.7 Å². The normalized spacial score (nSPS) is 30.5. The lowest BCUT2D eigenvalue weighted by atomic mass is 9.94. The molecule has 2 unspecified atom stereocenters. The third kappa shape index (κ3) is 1.52. The first-order chi connectivity index (χ1) is 7.00. The van der Waals surface area contributed by atoms with Crippen LogP contribution in [0.4, 0.5) is 0 Å². The fourth-order valence-corrected chi connectivity index (χ4v) is 2.00. The number of rotatable bonds is 2. The lowest BCUT2D eigenvalue weighted by molar-refractivity contribution is -0.165. The van der Waals surface area contributed by atoms with E-state index in [1.165, 1.54) is 11.8 Å². The van der Waals surface area contributed by atoms with E-state index in [1.807, 2.05) is 6.92 Å². The number of aliphatic hydroxyl groups excluding tert-OH is 1. The Morgan fingerprint density at radius 1 is 1.73 bits per heavy atom. The maximum absolute atomic E-state index is 11.5. The second kappa shape index (κ2) is 3.34. The van der Waals surface area contributed by atoms with E-state index in [0.29, 0.717) is 6.42 Å². The standard InChI is InChI=1S/C10H13NO4/c1-5-3-8(10(14)15-6(2)12)11-7(5)4-9(11)13/h3,5-7,12H,4H2,1-2H3/t5?,6?,7-/m0/s1. The van der Waals surface area contributed by atoms with Gasteiger partial charge in [-0.2, -0.15) is 0 Å². The highest BCUT2D eigenvalue weighted by Gasteiger charge is 2.48. The summed E-state index contributed by atoms with van der Waals surface area (Å²) in [5, 5.41) is 8.91. The molecule has 1 N–H and O–H groups in total. The number of aliphatic hydroxyl groups is 1. The lowest BCUT2D eigenvalue weighted by Crippen LogP contribution is -2.52. The molecular weight excluding hydrogens is 198 g/mol. The van der Waals surface area contributed by atoms with Crippen LogP contribution < -0.4 is 0 Å². The number of fused-ring (bicyclic) bond motifs is 1. The van der Waals surface area contributed by atoms with E-state index in [4.69, 9.17) is 5.11 Å². The van der Waals surface area contributed by atoms with Crippen molar-refractivity contribution in [2.75, 3.05) is 0 Å². The van der Waals surface area contributed by atoms with Crippen LogP contribution in [0.15, 0.2) is 11.8 Å². The molecule has 15 heavy (non-hydrogen) atoms. The summed E-state index contributed by atoms with van der Waals surface area (Å²) < 4.78 is 4.64. The van der Waals surface area contributed by atoms with E-state index in [-0.39, 0.29) is 23.6 Å². The fourth-order valence-electron chi connectivity index (χ4n) is 2.00. The Labute approximate surface area is 87.3 Å². The molecular formula is C10H13NO4. The molecule has 1 fully saturated rings. The van der Waals surface area contributed by atoms with Gasteiger partial charge in [-0.1, -0.05) is 6.92 Å². The van der Waals surface area contributed by atoms with Gasteiger partial charge in [-0.3, -0.25) is 4.79 Å². The third-order valence-electron chi connectivity index (χ3n) is 2.76. The van der Waals surface area contributed by atoms with Crippen LogP contribution in [0.1, 0.15) is 20.3 Å². The lowest BCUT2D eigenvalue weighted by Gasteiger charge is -2.37. The zero-order chi connectivity index (χ0) is 11.2. The highest BCUT2D eigenvalue weighted by molar-refractivity contribution is 5.98. The van der Waals surface area contributed by atoms with Gasteiger partial charge in [0.25, 0.3) is 0 Å². The molecule has 1 amide bonds. The summed E-state index contributed by atoms with van der Waals surface area (Å²) in [6.07, 6.45) is 1.06. The molecule has 0 saturated carbocycles. The molecule has 0 aliphatic carbocycles. The molecule has 2 rings (SSSR count). The van der Waals surface area contributed by atoms with Crippen molar-refractivity contribution in [2.24, 2.45) is 5.92 Å². The highest BCUT2D eigenvalue weighted by atomic mass is 16.6. The van der Waals surface area contributed by atoms with Gasteiger partial charge >= 0.3 is 5.97 Å². The third-order valence-corrected chi connectivity index (χ3v) is 2.76. The van der Waals surface area contributed by atoms with Crippen LogP contribution in [0.2, 0.25) is 0 Å². The predicted molar refractivity (Wildman–Crippen MR) is 50.3 cm³/mol. The predicted octanol–water partition coefficient (Wildman–Crippen LogP) is 0.00240. The van der Waals surface area contributed by atoms with Crippen LogP contribution in [0.5, 0.6) is 0 Å². The Morgan fingerprint density at radius 3 is 2.93 bits per heavy atom. The van der Waals surface area contributed by atoms with E-state index in [2.05, 4.69) is 4.74 Å². The van der Waals surface area contributed by atoms with Gasteiger partial charge in [0, 0.05) is 6.42 Å². The van der Waals surface area contributed by atoms with E-state index in [1.54, 1.807) is 6.08 Å². The van der Waals surface area contributed by atoms with Gasteiger partial charge in [-0.15, -0.1) is 0 Å². The number of β-lactam (4-membered cyclic amide) rings is 1. The Morgan fingerprint density at radius 2 is 2.40 bits per heavy atom. The Bertz CT molecular complexity index is 347. The Kier molecular flexibility index (Phi) is 2.26. The Balaban J connectivity index is 2.12. The molecule has 82 valence electrons. The van der Waals surface area contributed by atoms with Crippen LogP contribution in [-0.2, 0) is 14.3 Å². The van der Waals surface area contributed by atoms with Gasteiger partial charge in [0.05, 0.1) is 6.04 Å². The van der Waals surface area contributed by atoms with Crippen LogP contribution >= 0.6 is 0 Å². The molecule has 2 aliphatic heterocycles. The smallest absolute Gasteiger partial charge is 0.357 e. The summed E-state index contributed by atoms with van der Waals surface area (Å²) in [5.74, 6) is -0.509. The summed E-state index contributed by atoms with van der Waals surface area (Å²) >= 11 is 0. The molecule has 1 saturated heterocycles. The van der Waals surface area contributed by atoms with Crippen LogP contribution in [0.25, 0.3) is 0 Å². The molecule has 3 atom stereocenters. The van der Waals surface area contributed by atoms with Gasteiger partial charge in [-0.25, -0.2) is 4.79 Å². The molecule has 0 spiro atoms. The summed E-state index contributed by atoms with van der Waals surface area (Å²) in [7, 11) is 0. The molecule has 0 aromatic rings. The summed E-state index contributed by atoms with van der Waals surface area (Å²) in [6, 6.07) is 0.106. The van der Waals surface area contributed by atoms with Gasteiger partial charge in [0.2, 0.25) is 5.91 Å². The van der Waals surface area contributed by atoms with Crippen molar-refractivity contribution in [1.82, 2.24) is 4.90 Å². The van der Waals surface area contributed by atoms with E-state index in [0.717, 1.165) is 0 Å². The fraction of sp³-hybridized carbons (Fsp3) is 0.600. The van der Waals surface area contributed by atoms with Crippen molar-refractivity contribution in [3.8, 4) is 0 Å². The average molecular weight is 211 g/mol. The number of ether oxygens (including phenoxy) is 1. The minimum absolute atomic E-state index is 0.0573. The maximum atomic E-state index is 11.5. The van der Waals surface area contributed by atoms with Crippen molar-refractivity contribution in [3.05, 3.63) is 11.8 Å². The minimum Gasteiger partial charge on any atom is -0.432 e. The van der Waals surface area contributed by atoms with Crippen LogP contribution in [-0.4, -0.2) is 34.2 Å². The second-order valence-corrected chi connectivity index (χ2v) is 3.95. The molecule has 0 bridgehead atoms. The minimum atomic E-state index is -1.15. The number of nitrogens with zero attached hydrogens (tertiary/aromatic N) is 1. The van der Waals surface area contributed by atoms with E-state index >= 15 is 0 Å². The number of hydrogen-bond donors (Lipinski definition) is 1. The van der Waals surface area contributed by atoms with Gasteiger partial charge in [-0.05, 0) is 18.9 Å². The summed E-state index contributed by atoms with van der Waals surface area (Å²) in [6.45, 7) is 3.30. The molecule has 0 aromatic carbocycles. The number of carbonyl (C=O) groups is 2. The summed E-state index contributed by atoms with van der Waals surface area (Å²) in [5.41, 5.74) is 0.268. The molecule has 2 aliphatic rings. The Hall–Kier alpha value is -1.36. The van der Waals surface area contributed by atoms with E-state index < -0.39 is 12.3 Å². The monoisotopic (exact) mass is 211 g/mol. The average Bonchev–Trinajstić information content (AvgIpc) is 2.36. The first kappa shape index (κ1) is 10.2. The quantitative estimate of drug-likeness (QED) is 0.396. The number of amides is 1. The van der Waals surface area contributed by atoms with Crippen molar-refractivity contribution in [1.29, 1.82) is 0 Å².